The van der Waals surface area contributed by atoms with Gasteiger partial charge in [0, 0.05) is 42.3 Å². The number of imidazole rings is 1. The maximum atomic E-state index is 10.6. The average Bonchev–Trinajstić information content (AvgIpc) is 3.03. The lowest BCUT2D eigenvalue weighted by Crippen LogP contribution is -2.21. The Labute approximate surface area is 170 Å². The fraction of sp³-hybridized carbons (Fsp3) is 0.316. The second-order valence-corrected chi connectivity index (χ2v) is 6.85. The van der Waals surface area contributed by atoms with E-state index < -0.39 is 12.1 Å². The van der Waals surface area contributed by atoms with E-state index in [1.54, 1.807) is 0 Å². The Morgan fingerprint density at radius 2 is 1.93 bits per heavy atom. The lowest BCUT2D eigenvalue weighted by Gasteiger charge is -2.15. The first-order valence-electron chi connectivity index (χ1n) is 8.57. The largest absolute Gasteiger partial charge is 0.490 e. The summed E-state index contributed by atoms with van der Waals surface area (Å²) in [5.74, 6) is -0.841. The van der Waals surface area contributed by atoms with Crippen LogP contribution in [0.2, 0.25) is 5.02 Å². The molecule has 0 bridgehead atoms. The number of fused-ring (bicyclic) bond motifs is 1. The Hall–Kier alpha value is -2.81. The zero-order valence-electron chi connectivity index (χ0n) is 16.0. The summed E-state index contributed by atoms with van der Waals surface area (Å²) in [7, 11) is 2.01. The van der Waals surface area contributed by atoms with Crippen LogP contribution in [0.1, 0.15) is 18.3 Å². The van der Waals surface area contributed by atoms with E-state index in [9.17, 15) is 13.2 Å². The van der Waals surface area contributed by atoms with Crippen molar-refractivity contribution in [2.45, 2.75) is 32.5 Å². The van der Waals surface area contributed by atoms with Gasteiger partial charge < -0.3 is 15.0 Å². The first kappa shape index (κ1) is 22.5. The SMILES string of the molecule is Cc1c(Cl)ccc2ccc(NC(C)Cc3nccn3C)nc12.O=C(O)C(F)(F)F. The van der Waals surface area contributed by atoms with Crippen LogP contribution in [0.25, 0.3) is 10.9 Å². The third-order valence-electron chi connectivity index (χ3n) is 4.10. The average molecular weight is 429 g/mol. The molecule has 0 saturated carbocycles. The Morgan fingerprint density at radius 1 is 1.31 bits per heavy atom. The molecule has 2 heterocycles. The molecule has 1 aromatic carbocycles. The van der Waals surface area contributed by atoms with Crippen molar-refractivity contribution in [3.05, 3.63) is 53.1 Å². The van der Waals surface area contributed by atoms with E-state index in [-0.39, 0.29) is 6.04 Å². The fourth-order valence-corrected chi connectivity index (χ4v) is 2.71. The third kappa shape index (κ3) is 6.08. The van der Waals surface area contributed by atoms with Gasteiger partial charge in [0.2, 0.25) is 0 Å². The standard InChI is InChI=1S/C17H19ClN4.C2HF3O2/c1-11(10-16-19-8-9-22(16)3)20-15-7-5-13-4-6-14(18)12(2)17(13)21-15;3-2(4,5)1(6)7/h4-9,11H,10H2,1-3H3,(H,20,21);(H,6,7). The van der Waals surface area contributed by atoms with Crippen LogP contribution in [0.4, 0.5) is 19.0 Å². The molecule has 29 heavy (non-hydrogen) atoms. The highest BCUT2D eigenvalue weighted by Gasteiger charge is 2.38. The summed E-state index contributed by atoms with van der Waals surface area (Å²) >= 11 is 6.19. The molecule has 0 aliphatic carbocycles. The highest BCUT2D eigenvalue weighted by atomic mass is 35.5. The van der Waals surface area contributed by atoms with Crippen LogP contribution >= 0.6 is 11.6 Å². The molecule has 10 heteroatoms. The number of nitrogens with one attached hydrogen (secondary N) is 1. The molecule has 3 rings (SSSR count). The molecule has 0 aliphatic rings. The lowest BCUT2D eigenvalue weighted by molar-refractivity contribution is -0.192. The predicted molar refractivity (Wildman–Crippen MR) is 105 cm³/mol. The molecule has 0 spiro atoms. The summed E-state index contributed by atoms with van der Waals surface area (Å²) in [6.07, 6.45) is -0.457. The number of aromatic nitrogens is 3. The lowest BCUT2D eigenvalue weighted by atomic mass is 10.1. The van der Waals surface area contributed by atoms with Gasteiger partial charge in [0.1, 0.15) is 11.6 Å². The van der Waals surface area contributed by atoms with Crippen LogP contribution in [0.5, 0.6) is 0 Å². The molecule has 1 atom stereocenters. The molecule has 1 unspecified atom stereocenters. The van der Waals surface area contributed by atoms with Gasteiger partial charge in [-0.15, -0.1) is 0 Å². The van der Waals surface area contributed by atoms with Gasteiger partial charge in [-0.3, -0.25) is 0 Å². The topological polar surface area (TPSA) is 80.0 Å². The highest BCUT2D eigenvalue weighted by molar-refractivity contribution is 6.32. The van der Waals surface area contributed by atoms with Gasteiger partial charge >= 0.3 is 12.1 Å². The number of hydrogen-bond acceptors (Lipinski definition) is 4. The molecule has 0 fully saturated rings. The summed E-state index contributed by atoms with van der Waals surface area (Å²) < 4.78 is 33.8. The monoisotopic (exact) mass is 428 g/mol. The van der Waals surface area contributed by atoms with E-state index >= 15 is 0 Å². The molecule has 0 saturated heterocycles. The first-order chi connectivity index (χ1) is 13.5. The summed E-state index contributed by atoms with van der Waals surface area (Å²) in [6.45, 7) is 4.13. The number of aliphatic carboxylic acids is 1. The van der Waals surface area contributed by atoms with Gasteiger partial charge in [0.25, 0.3) is 0 Å². The minimum Gasteiger partial charge on any atom is -0.475 e. The predicted octanol–water partition coefficient (Wildman–Crippen LogP) is 4.61. The molecule has 2 N–H and O–H groups in total. The molecule has 2 aromatic heterocycles. The van der Waals surface area contributed by atoms with Crippen LogP contribution in [0.3, 0.4) is 0 Å². The maximum Gasteiger partial charge on any atom is 0.490 e. The van der Waals surface area contributed by atoms with Crippen molar-refractivity contribution in [3.8, 4) is 0 Å². The third-order valence-corrected chi connectivity index (χ3v) is 4.51. The van der Waals surface area contributed by atoms with Crippen molar-refractivity contribution in [2.24, 2.45) is 7.05 Å². The minimum absolute atomic E-state index is 0.241. The second kappa shape index (κ2) is 9.13. The smallest absolute Gasteiger partial charge is 0.475 e. The van der Waals surface area contributed by atoms with Crippen LogP contribution in [0.15, 0.2) is 36.7 Å². The van der Waals surface area contributed by atoms with E-state index in [0.717, 1.165) is 39.6 Å². The number of alkyl halides is 3. The minimum atomic E-state index is -5.08. The van der Waals surface area contributed by atoms with Gasteiger partial charge in [0.15, 0.2) is 0 Å². The highest BCUT2D eigenvalue weighted by Crippen LogP contribution is 2.25. The number of pyridine rings is 1. The van der Waals surface area contributed by atoms with Crippen LogP contribution in [-0.4, -0.2) is 37.8 Å². The number of aryl methyl sites for hydroxylation is 2. The number of benzene rings is 1. The van der Waals surface area contributed by atoms with Gasteiger partial charge in [-0.25, -0.2) is 14.8 Å². The Morgan fingerprint density at radius 3 is 2.48 bits per heavy atom. The molecule has 156 valence electrons. The zero-order chi connectivity index (χ0) is 21.8. The number of nitrogens with zero attached hydrogens (tertiary/aromatic N) is 3. The van der Waals surface area contributed by atoms with Crippen LogP contribution < -0.4 is 5.32 Å². The van der Waals surface area contributed by atoms with E-state index in [1.165, 1.54) is 0 Å². The van der Waals surface area contributed by atoms with E-state index in [2.05, 4.69) is 23.3 Å². The van der Waals surface area contributed by atoms with Crippen molar-refractivity contribution in [3.63, 3.8) is 0 Å². The number of rotatable bonds is 4. The summed E-state index contributed by atoms with van der Waals surface area (Å²) in [5.41, 5.74) is 1.96. The molecule has 0 amide bonds. The van der Waals surface area contributed by atoms with Crippen molar-refractivity contribution in [1.82, 2.24) is 14.5 Å². The molecular weight excluding hydrogens is 409 g/mol. The Balaban J connectivity index is 0.000000370. The Kier molecular flexibility index (Phi) is 7.07. The van der Waals surface area contributed by atoms with Crippen LogP contribution in [0, 0.1) is 6.92 Å². The second-order valence-electron chi connectivity index (χ2n) is 6.45. The number of halogens is 4. The van der Waals surface area contributed by atoms with Crippen molar-refractivity contribution in [1.29, 1.82) is 0 Å². The Bertz CT molecular complexity index is 1000. The van der Waals surface area contributed by atoms with Gasteiger partial charge in [0.05, 0.1) is 5.52 Å². The van der Waals surface area contributed by atoms with Crippen LogP contribution in [-0.2, 0) is 18.3 Å². The molecule has 3 aromatic rings. The normalized spacial score (nSPS) is 12.2. The fourth-order valence-electron chi connectivity index (χ4n) is 2.56. The molecule has 0 radical (unpaired) electrons. The zero-order valence-corrected chi connectivity index (χ0v) is 16.7. The quantitative estimate of drug-likeness (QED) is 0.634. The van der Waals surface area contributed by atoms with Crippen molar-refractivity contribution < 1.29 is 23.1 Å². The van der Waals surface area contributed by atoms with E-state index in [4.69, 9.17) is 26.5 Å². The number of carbonyl (C=O) groups is 1. The molecule has 0 aliphatic heterocycles. The van der Waals surface area contributed by atoms with Gasteiger partial charge in [-0.2, -0.15) is 13.2 Å². The van der Waals surface area contributed by atoms with E-state index in [1.807, 2.05) is 49.1 Å². The number of anilines is 1. The van der Waals surface area contributed by atoms with Gasteiger partial charge in [-0.05, 0) is 37.6 Å². The maximum absolute atomic E-state index is 10.6. The van der Waals surface area contributed by atoms with Crippen molar-refractivity contribution in [2.75, 3.05) is 5.32 Å². The summed E-state index contributed by atoms with van der Waals surface area (Å²) in [4.78, 5) is 18.0. The van der Waals surface area contributed by atoms with Crippen molar-refractivity contribution >= 4 is 34.3 Å². The van der Waals surface area contributed by atoms with E-state index in [0.29, 0.717) is 0 Å². The molecular formula is C19H20ClF3N4O2. The number of hydrogen-bond donors (Lipinski definition) is 2. The summed E-state index contributed by atoms with van der Waals surface area (Å²) in [5, 5.41) is 12.4. The number of carboxylic acid groups (broad SMARTS) is 1. The molecule has 6 nitrogen and oxygen atoms in total. The first-order valence-corrected chi connectivity index (χ1v) is 8.95. The summed E-state index contributed by atoms with van der Waals surface area (Å²) in [6, 6.07) is 8.23. The van der Waals surface area contributed by atoms with Gasteiger partial charge in [-0.1, -0.05) is 17.7 Å². The number of carboxylic acids is 1.